The molecule has 0 aliphatic carbocycles. The monoisotopic (exact) mass is 420 g/mol. The molecule has 10 nitrogen and oxygen atoms in total. The summed E-state index contributed by atoms with van der Waals surface area (Å²) >= 11 is 0. The first-order valence-corrected chi connectivity index (χ1v) is 9.61. The number of likely N-dealkylation sites (tertiary alicyclic amines) is 1. The van der Waals surface area contributed by atoms with Gasteiger partial charge in [-0.25, -0.2) is 24.5 Å². The summed E-state index contributed by atoms with van der Waals surface area (Å²) in [5, 5.41) is 5.60. The summed E-state index contributed by atoms with van der Waals surface area (Å²) in [4.78, 5) is 48.8. The van der Waals surface area contributed by atoms with E-state index in [0.717, 1.165) is 4.90 Å². The molecule has 0 atom stereocenters. The van der Waals surface area contributed by atoms with E-state index in [4.69, 9.17) is 11.2 Å². The molecule has 1 spiro atoms. The lowest BCUT2D eigenvalue weighted by Gasteiger charge is -2.37. The van der Waals surface area contributed by atoms with E-state index >= 15 is 0 Å². The zero-order valence-corrected chi connectivity index (χ0v) is 16.8. The van der Waals surface area contributed by atoms with E-state index in [1.807, 2.05) is 0 Å². The van der Waals surface area contributed by atoms with Gasteiger partial charge in [0.25, 0.3) is 5.91 Å². The molecule has 1 aromatic heterocycles. The topological polar surface area (TPSA) is 117 Å². The van der Waals surface area contributed by atoms with Crippen molar-refractivity contribution in [3.05, 3.63) is 42.2 Å². The minimum Gasteiger partial charge on any atom is -0.467 e. The average Bonchev–Trinajstić information content (AvgIpc) is 3.03. The number of methoxy groups -OCH3 is 1. The number of amides is 5. The lowest BCUT2D eigenvalue weighted by molar-refractivity contribution is -0.123. The number of urea groups is 2. The summed E-state index contributed by atoms with van der Waals surface area (Å²) in [5.41, 5.74) is 0.458. The number of piperidine rings is 1. The zero-order chi connectivity index (χ0) is 22.0. The lowest BCUT2D eigenvalue weighted by Crippen LogP contribution is -2.56. The van der Waals surface area contributed by atoms with Crippen LogP contribution in [-0.4, -0.2) is 58.6 Å². The van der Waals surface area contributed by atoms with Crippen molar-refractivity contribution in [2.24, 2.45) is 0 Å². The van der Waals surface area contributed by atoms with Crippen LogP contribution in [0.25, 0.3) is 0 Å². The highest BCUT2D eigenvalue weighted by atomic mass is 16.5. The van der Waals surface area contributed by atoms with Crippen LogP contribution >= 0.6 is 0 Å². The maximum Gasteiger partial charge on any atom is 0.329 e. The number of ether oxygens (including phenoxy) is 1. The van der Waals surface area contributed by atoms with Crippen molar-refractivity contribution in [3.63, 3.8) is 0 Å². The van der Waals surface area contributed by atoms with Crippen LogP contribution in [0.4, 0.5) is 21.0 Å². The summed E-state index contributed by atoms with van der Waals surface area (Å²) in [6, 6.07) is 6.30. The maximum absolute atomic E-state index is 13.1. The Balaban J connectivity index is 1.42. The summed E-state index contributed by atoms with van der Waals surface area (Å²) in [5.74, 6) is 2.14. The molecule has 2 aromatic rings. The van der Waals surface area contributed by atoms with Crippen LogP contribution in [0, 0.1) is 12.3 Å². The number of anilines is 2. The standard InChI is InChI=1S/C21H20N6O4/c1-3-14-5-4-6-15(11-14)24-19(29)26-9-7-21(8-10-26)17(28)27(20(30)25-21)16-12-22-18(31-2)23-13-16/h1,4-6,11-13H,7-10H2,2H3,(H,24,29)(H,25,30). The van der Waals surface area contributed by atoms with Crippen LogP contribution in [0.1, 0.15) is 18.4 Å². The predicted octanol–water partition coefficient (Wildman–Crippen LogP) is 1.59. The number of hydrogen-bond donors (Lipinski definition) is 2. The fraction of sp³-hybridized carbons (Fsp3) is 0.286. The minimum atomic E-state index is -1.06. The number of hydrogen-bond acceptors (Lipinski definition) is 6. The first-order chi connectivity index (χ1) is 15.0. The van der Waals surface area contributed by atoms with Gasteiger partial charge < -0.3 is 20.3 Å². The van der Waals surface area contributed by atoms with Gasteiger partial charge in [-0.1, -0.05) is 12.0 Å². The fourth-order valence-electron chi connectivity index (χ4n) is 3.70. The molecular formula is C21H20N6O4. The average molecular weight is 420 g/mol. The van der Waals surface area contributed by atoms with Crippen LogP contribution in [0.5, 0.6) is 6.01 Å². The van der Waals surface area contributed by atoms with Crippen molar-refractivity contribution in [1.82, 2.24) is 20.2 Å². The summed E-state index contributed by atoms with van der Waals surface area (Å²) in [6.07, 6.45) is 8.69. The number of imide groups is 1. The van der Waals surface area contributed by atoms with Crippen molar-refractivity contribution < 1.29 is 19.1 Å². The molecule has 0 unspecified atom stereocenters. The Hall–Kier alpha value is -4.13. The van der Waals surface area contributed by atoms with E-state index in [-0.39, 0.29) is 23.6 Å². The molecule has 10 heteroatoms. The number of terminal acetylenes is 1. The van der Waals surface area contributed by atoms with Gasteiger partial charge in [0.05, 0.1) is 25.2 Å². The Morgan fingerprint density at radius 2 is 1.97 bits per heavy atom. The van der Waals surface area contributed by atoms with Gasteiger partial charge in [0.15, 0.2) is 0 Å². The quantitative estimate of drug-likeness (QED) is 0.575. The maximum atomic E-state index is 13.1. The molecule has 1 aromatic carbocycles. The fourth-order valence-corrected chi connectivity index (χ4v) is 3.70. The number of carbonyl (C=O) groups is 3. The number of nitrogens with zero attached hydrogens (tertiary/aromatic N) is 4. The third-order valence-electron chi connectivity index (χ3n) is 5.40. The molecule has 0 bridgehead atoms. The van der Waals surface area contributed by atoms with Crippen LogP contribution in [0.2, 0.25) is 0 Å². The van der Waals surface area contributed by atoms with Crippen LogP contribution in [0.15, 0.2) is 36.7 Å². The first-order valence-electron chi connectivity index (χ1n) is 9.61. The van der Waals surface area contributed by atoms with E-state index in [1.165, 1.54) is 19.5 Å². The zero-order valence-electron chi connectivity index (χ0n) is 16.8. The van der Waals surface area contributed by atoms with Gasteiger partial charge >= 0.3 is 18.1 Å². The molecule has 4 rings (SSSR count). The van der Waals surface area contributed by atoms with Crippen LogP contribution in [0.3, 0.4) is 0 Å². The van der Waals surface area contributed by atoms with Crippen LogP contribution < -0.4 is 20.3 Å². The smallest absolute Gasteiger partial charge is 0.329 e. The molecule has 2 fully saturated rings. The second-order valence-electron chi connectivity index (χ2n) is 7.22. The van der Waals surface area contributed by atoms with E-state index in [9.17, 15) is 14.4 Å². The van der Waals surface area contributed by atoms with Gasteiger partial charge in [0, 0.05) is 24.3 Å². The number of benzene rings is 1. The van der Waals surface area contributed by atoms with Crippen molar-refractivity contribution in [1.29, 1.82) is 0 Å². The second kappa shape index (κ2) is 7.95. The van der Waals surface area contributed by atoms with E-state index in [2.05, 4.69) is 26.5 Å². The number of rotatable bonds is 3. The number of nitrogens with one attached hydrogen (secondary N) is 2. The van der Waals surface area contributed by atoms with Crippen molar-refractivity contribution in [2.45, 2.75) is 18.4 Å². The summed E-state index contributed by atoms with van der Waals surface area (Å²) in [6.45, 7) is 0.610. The molecule has 31 heavy (non-hydrogen) atoms. The van der Waals surface area contributed by atoms with Gasteiger partial charge in [-0.15, -0.1) is 6.42 Å². The van der Waals surface area contributed by atoms with Gasteiger partial charge in [0.2, 0.25) is 0 Å². The number of aromatic nitrogens is 2. The van der Waals surface area contributed by atoms with E-state index in [0.29, 0.717) is 37.2 Å². The molecule has 2 aliphatic rings. The summed E-state index contributed by atoms with van der Waals surface area (Å²) in [7, 11) is 1.42. The molecule has 5 amide bonds. The third-order valence-corrected chi connectivity index (χ3v) is 5.40. The van der Waals surface area contributed by atoms with E-state index < -0.39 is 11.6 Å². The first kappa shape index (κ1) is 20.2. The SMILES string of the molecule is C#Cc1cccc(NC(=O)N2CCC3(CC2)NC(=O)N(c2cnc(OC)nc2)C3=O)c1. The second-order valence-corrected chi connectivity index (χ2v) is 7.22. The largest absolute Gasteiger partial charge is 0.467 e. The molecule has 0 saturated carbocycles. The highest BCUT2D eigenvalue weighted by Crippen LogP contribution is 2.32. The van der Waals surface area contributed by atoms with Crippen molar-refractivity contribution >= 4 is 29.3 Å². The van der Waals surface area contributed by atoms with Gasteiger partial charge in [-0.2, -0.15) is 0 Å². The van der Waals surface area contributed by atoms with Gasteiger partial charge in [-0.05, 0) is 31.0 Å². The van der Waals surface area contributed by atoms with Gasteiger partial charge in [-0.3, -0.25) is 4.79 Å². The number of carbonyl (C=O) groups excluding carboxylic acids is 3. The Kier molecular flexibility index (Phi) is 5.17. The molecule has 2 saturated heterocycles. The normalized spacial score (nSPS) is 17.3. The highest BCUT2D eigenvalue weighted by Gasteiger charge is 2.53. The Morgan fingerprint density at radius 1 is 1.26 bits per heavy atom. The van der Waals surface area contributed by atoms with Gasteiger partial charge in [0.1, 0.15) is 5.54 Å². The molecule has 2 N–H and O–H groups in total. The lowest BCUT2D eigenvalue weighted by atomic mass is 9.87. The third kappa shape index (κ3) is 3.73. The van der Waals surface area contributed by atoms with Crippen molar-refractivity contribution in [2.75, 3.05) is 30.4 Å². The minimum absolute atomic E-state index is 0.137. The Labute approximate surface area is 178 Å². The van der Waals surface area contributed by atoms with Crippen molar-refractivity contribution in [3.8, 4) is 18.4 Å². The predicted molar refractivity (Wildman–Crippen MR) is 112 cm³/mol. The molecule has 2 aliphatic heterocycles. The molecule has 158 valence electrons. The molecular weight excluding hydrogens is 400 g/mol. The van der Waals surface area contributed by atoms with Crippen LogP contribution in [-0.2, 0) is 4.79 Å². The van der Waals surface area contributed by atoms with E-state index in [1.54, 1.807) is 29.2 Å². The highest BCUT2D eigenvalue weighted by molar-refractivity contribution is 6.23. The summed E-state index contributed by atoms with van der Waals surface area (Å²) < 4.78 is 4.91. The molecule has 3 heterocycles. The Morgan fingerprint density at radius 3 is 2.61 bits per heavy atom. The Bertz CT molecular complexity index is 1070. The molecule has 0 radical (unpaired) electrons.